The SMILES string of the molecule is FC(F)(F)Cn1nnc(CN2CC3(CNC3)C2)n1. The number of aromatic nitrogens is 4. The Hall–Kier alpha value is -1.22. The van der Waals surface area contributed by atoms with E-state index in [0.29, 0.717) is 22.6 Å². The van der Waals surface area contributed by atoms with Crippen molar-refractivity contribution < 1.29 is 13.2 Å². The summed E-state index contributed by atoms with van der Waals surface area (Å²) in [5.74, 6) is 0.349. The number of hydrogen-bond acceptors (Lipinski definition) is 5. The molecule has 2 aliphatic rings. The second-order valence-electron chi connectivity index (χ2n) is 5.10. The van der Waals surface area contributed by atoms with Gasteiger partial charge in [0.15, 0.2) is 12.4 Å². The average molecular weight is 262 g/mol. The lowest BCUT2D eigenvalue weighted by Crippen LogP contribution is -2.70. The van der Waals surface area contributed by atoms with Crippen molar-refractivity contribution in [3.63, 3.8) is 0 Å². The van der Waals surface area contributed by atoms with Crippen LogP contribution >= 0.6 is 0 Å². The summed E-state index contributed by atoms with van der Waals surface area (Å²) in [6.07, 6.45) is -4.31. The maximum absolute atomic E-state index is 12.1. The fourth-order valence-electron chi connectivity index (χ4n) is 2.48. The molecule has 0 bridgehead atoms. The zero-order chi connectivity index (χ0) is 12.8. The van der Waals surface area contributed by atoms with Gasteiger partial charge in [-0.05, 0) is 5.21 Å². The van der Waals surface area contributed by atoms with Gasteiger partial charge in [-0.25, -0.2) is 0 Å². The van der Waals surface area contributed by atoms with Crippen molar-refractivity contribution in [2.45, 2.75) is 19.3 Å². The molecule has 3 heterocycles. The van der Waals surface area contributed by atoms with E-state index in [-0.39, 0.29) is 0 Å². The molecule has 0 radical (unpaired) electrons. The highest BCUT2D eigenvalue weighted by Gasteiger charge is 2.47. The van der Waals surface area contributed by atoms with Gasteiger partial charge in [-0.3, -0.25) is 4.90 Å². The molecule has 0 unspecified atom stereocenters. The van der Waals surface area contributed by atoms with Crippen LogP contribution in [0.25, 0.3) is 0 Å². The molecular formula is C9H13F3N6. The molecule has 100 valence electrons. The highest BCUT2D eigenvalue weighted by Crippen LogP contribution is 2.34. The minimum atomic E-state index is -4.31. The van der Waals surface area contributed by atoms with Crippen LogP contribution in [-0.2, 0) is 13.1 Å². The first kappa shape index (κ1) is 11.8. The molecule has 1 aromatic heterocycles. The molecule has 0 aliphatic carbocycles. The van der Waals surface area contributed by atoms with Gasteiger partial charge in [0.1, 0.15) is 0 Å². The monoisotopic (exact) mass is 262 g/mol. The molecule has 0 aromatic carbocycles. The third-order valence-electron chi connectivity index (χ3n) is 3.30. The van der Waals surface area contributed by atoms with Crippen LogP contribution in [0.3, 0.4) is 0 Å². The number of tetrazole rings is 1. The Kier molecular flexibility index (Phi) is 2.56. The smallest absolute Gasteiger partial charge is 0.315 e. The molecule has 18 heavy (non-hydrogen) atoms. The maximum Gasteiger partial charge on any atom is 0.409 e. The lowest BCUT2D eigenvalue weighted by atomic mass is 9.74. The molecule has 1 aromatic rings. The summed E-state index contributed by atoms with van der Waals surface area (Å²) in [5, 5.41) is 14.0. The summed E-state index contributed by atoms with van der Waals surface area (Å²) in [7, 11) is 0. The van der Waals surface area contributed by atoms with Crippen molar-refractivity contribution in [3.05, 3.63) is 5.82 Å². The van der Waals surface area contributed by atoms with Crippen molar-refractivity contribution in [2.75, 3.05) is 26.2 Å². The number of likely N-dealkylation sites (tertiary alicyclic amines) is 1. The van der Waals surface area contributed by atoms with E-state index in [1.165, 1.54) is 0 Å². The first-order valence-electron chi connectivity index (χ1n) is 5.71. The van der Waals surface area contributed by atoms with Crippen molar-refractivity contribution in [3.8, 4) is 0 Å². The number of hydrogen-bond donors (Lipinski definition) is 1. The Morgan fingerprint density at radius 2 is 2.00 bits per heavy atom. The Balaban J connectivity index is 1.52. The molecule has 0 atom stereocenters. The fourth-order valence-corrected chi connectivity index (χ4v) is 2.48. The van der Waals surface area contributed by atoms with Crippen LogP contribution in [0, 0.1) is 5.41 Å². The van der Waals surface area contributed by atoms with Crippen LogP contribution in [0.4, 0.5) is 13.2 Å². The molecule has 1 N–H and O–H groups in total. The number of rotatable bonds is 3. The summed E-state index contributed by atoms with van der Waals surface area (Å²) in [6.45, 7) is 3.24. The Morgan fingerprint density at radius 1 is 1.28 bits per heavy atom. The third kappa shape index (κ3) is 2.32. The Labute approximate surface area is 101 Å². The van der Waals surface area contributed by atoms with Gasteiger partial charge in [0.05, 0.1) is 6.54 Å². The summed E-state index contributed by atoms with van der Waals surface area (Å²) in [6, 6.07) is 0. The van der Waals surface area contributed by atoms with Crippen molar-refractivity contribution in [1.82, 2.24) is 30.4 Å². The van der Waals surface area contributed by atoms with Gasteiger partial charge in [0, 0.05) is 31.6 Å². The van der Waals surface area contributed by atoms with Crippen molar-refractivity contribution in [2.24, 2.45) is 5.41 Å². The highest BCUT2D eigenvalue weighted by molar-refractivity contribution is 5.04. The zero-order valence-corrected chi connectivity index (χ0v) is 9.61. The standard InChI is InChI=1S/C9H13F3N6/c10-9(11,12)6-18-15-7(14-16-18)1-17-4-8(5-17)2-13-3-8/h13H,1-6H2. The average Bonchev–Trinajstić information content (AvgIpc) is 2.52. The van der Waals surface area contributed by atoms with E-state index in [0.717, 1.165) is 26.2 Å². The highest BCUT2D eigenvalue weighted by atomic mass is 19.4. The fraction of sp³-hybridized carbons (Fsp3) is 0.889. The van der Waals surface area contributed by atoms with Crippen LogP contribution in [0.5, 0.6) is 0 Å². The second kappa shape index (κ2) is 3.89. The van der Waals surface area contributed by atoms with Crippen LogP contribution in [-0.4, -0.2) is 57.5 Å². The summed E-state index contributed by atoms with van der Waals surface area (Å²) in [4.78, 5) is 2.71. The normalized spacial score (nSPS) is 22.8. The topological polar surface area (TPSA) is 58.9 Å². The molecular weight excluding hydrogens is 249 g/mol. The van der Waals surface area contributed by atoms with E-state index in [2.05, 4.69) is 25.6 Å². The summed E-state index contributed by atoms with van der Waals surface area (Å²) >= 11 is 0. The molecule has 2 fully saturated rings. The second-order valence-corrected chi connectivity index (χ2v) is 5.10. The van der Waals surface area contributed by atoms with Crippen LogP contribution < -0.4 is 5.32 Å². The van der Waals surface area contributed by atoms with E-state index >= 15 is 0 Å². The van der Waals surface area contributed by atoms with Crippen molar-refractivity contribution in [1.29, 1.82) is 0 Å². The van der Waals surface area contributed by atoms with Gasteiger partial charge >= 0.3 is 6.18 Å². The summed E-state index contributed by atoms with van der Waals surface area (Å²) in [5.41, 5.74) is 0.391. The van der Waals surface area contributed by atoms with Crippen LogP contribution in [0.1, 0.15) is 5.82 Å². The van der Waals surface area contributed by atoms with E-state index in [1.807, 2.05) is 0 Å². The first-order chi connectivity index (χ1) is 8.44. The van der Waals surface area contributed by atoms with Crippen LogP contribution in [0.2, 0.25) is 0 Å². The number of nitrogens with zero attached hydrogens (tertiary/aromatic N) is 5. The maximum atomic E-state index is 12.1. The quantitative estimate of drug-likeness (QED) is 0.806. The minimum Gasteiger partial charge on any atom is -0.315 e. The lowest BCUT2D eigenvalue weighted by molar-refractivity contribution is -0.145. The Morgan fingerprint density at radius 3 is 2.56 bits per heavy atom. The third-order valence-corrected chi connectivity index (χ3v) is 3.30. The first-order valence-corrected chi connectivity index (χ1v) is 5.71. The van der Waals surface area contributed by atoms with E-state index in [9.17, 15) is 13.2 Å². The lowest BCUT2D eigenvalue weighted by Gasteiger charge is -2.55. The van der Waals surface area contributed by atoms with Crippen molar-refractivity contribution >= 4 is 0 Å². The largest absolute Gasteiger partial charge is 0.409 e. The zero-order valence-electron chi connectivity index (χ0n) is 9.61. The Bertz CT molecular complexity index is 430. The van der Waals surface area contributed by atoms with E-state index < -0.39 is 12.7 Å². The molecule has 6 nitrogen and oxygen atoms in total. The molecule has 9 heteroatoms. The molecule has 2 saturated heterocycles. The van der Waals surface area contributed by atoms with Gasteiger partial charge in [0.25, 0.3) is 0 Å². The van der Waals surface area contributed by atoms with E-state index in [1.54, 1.807) is 0 Å². The van der Waals surface area contributed by atoms with Gasteiger partial charge in [-0.1, -0.05) is 0 Å². The van der Waals surface area contributed by atoms with Gasteiger partial charge < -0.3 is 5.32 Å². The van der Waals surface area contributed by atoms with Gasteiger partial charge in [-0.2, -0.15) is 18.0 Å². The number of nitrogens with one attached hydrogen (secondary N) is 1. The molecule has 1 spiro atoms. The predicted octanol–water partition coefficient (Wildman–Crippen LogP) is -0.359. The molecule has 0 amide bonds. The van der Waals surface area contributed by atoms with Gasteiger partial charge in [0.2, 0.25) is 0 Å². The molecule has 2 aliphatic heterocycles. The van der Waals surface area contributed by atoms with E-state index in [4.69, 9.17) is 0 Å². The predicted molar refractivity (Wildman–Crippen MR) is 54.5 cm³/mol. The molecule has 3 rings (SSSR count). The van der Waals surface area contributed by atoms with Crippen LogP contribution in [0.15, 0.2) is 0 Å². The molecule has 0 saturated carbocycles. The number of halogens is 3. The van der Waals surface area contributed by atoms with Gasteiger partial charge in [-0.15, -0.1) is 10.2 Å². The minimum absolute atomic E-state index is 0.349. The summed E-state index contributed by atoms with van der Waals surface area (Å²) < 4.78 is 36.3. The number of alkyl halides is 3.